The van der Waals surface area contributed by atoms with Crippen molar-refractivity contribution in [1.82, 2.24) is 4.98 Å². The highest BCUT2D eigenvalue weighted by Crippen LogP contribution is 2.27. The minimum absolute atomic E-state index is 0.571. The molecule has 1 aliphatic heterocycles. The Morgan fingerprint density at radius 1 is 1.39 bits per heavy atom. The Bertz CT molecular complexity index is 383. The van der Waals surface area contributed by atoms with Crippen molar-refractivity contribution < 1.29 is 0 Å². The molecule has 2 rings (SSSR count). The van der Waals surface area contributed by atoms with Gasteiger partial charge < -0.3 is 4.90 Å². The number of halogens is 1. The van der Waals surface area contributed by atoms with E-state index in [1.165, 1.54) is 18.4 Å². The van der Waals surface area contributed by atoms with Gasteiger partial charge in [0.05, 0.1) is 0 Å². The number of nitrogens with zero attached hydrogens (tertiary/aromatic N) is 2. The average Bonchev–Trinajstić information content (AvgIpc) is 2.38. The molecule has 18 heavy (non-hydrogen) atoms. The Balaban J connectivity index is 2.26. The van der Waals surface area contributed by atoms with E-state index in [0.29, 0.717) is 11.9 Å². The molecule has 1 aromatic heterocycles. The highest BCUT2D eigenvalue weighted by molar-refractivity contribution is 6.17. The van der Waals surface area contributed by atoms with Gasteiger partial charge in [0.2, 0.25) is 0 Å². The quantitative estimate of drug-likeness (QED) is 0.769. The fourth-order valence-corrected chi connectivity index (χ4v) is 2.94. The maximum atomic E-state index is 5.98. The van der Waals surface area contributed by atoms with Gasteiger partial charge in [0.15, 0.2) is 0 Å². The van der Waals surface area contributed by atoms with Crippen LogP contribution < -0.4 is 4.90 Å². The first-order valence-corrected chi connectivity index (χ1v) is 7.50. The number of alkyl halides is 1. The molecule has 2 heterocycles. The summed E-state index contributed by atoms with van der Waals surface area (Å²) in [5.74, 6) is 2.52. The molecule has 0 spiro atoms. The largest absolute Gasteiger partial charge is 0.354 e. The van der Waals surface area contributed by atoms with Crippen LogP contribution >= 0.6 is 11.6 Å². The smallest absolute Gasteiger partial charge is 0.129 e. The van der Waals surface area contributed by atoms with Crippen LogP contribution in [0.4, 0.5) is 5.82 Å². The fraction of sp³-hybridized carbons (Fsp3) is 0.667. The van der Waals surface area contributed by atoms with Crippen molar-refractivity contribution in [2.45, 2.75) is 52.0 Å². The highest BCUT2D eigenvalue weighted by atomic mass is 35.5. The normalized spacial score (nSPS) is 24.3. The van der Waals surface area contributed by atoms with E-state index >= 15 is 0 Å². The average molecular weight is 267 g/mol. The maximum Gasteiger partial charge on any atom is 0.129 e. The first-order chi connectivity index (χ1) is 8.63. The van der Waals surface area contributed by atoms with E-state index in [9.17, 15) is 0 Å². The van der Waals surface area contributed by atoms with Crippen molar-refractivity contribution >= 4 is 17.4 Å². The molecule has 0 N–H and O–H groups in total. The molecular weight excluding hydrogens is 244 g/mol. The lowest BCUT2D eigenvalue weighted by Crippen LogP contribution is -2.40. The van der Waals surface area contributed by atoms with E-state index in [4.69, 9.17) is 16.6 Å². The molecule has 1 fully saturated rings. The molecule has 0 saturated carbocycles. The maximum absolute atomic E-state index is 5.98. The Morgan fingerprint density at radius 3 is 2.78 bits per heavy atom. The van der Waals surface area contributed by atoms with E-state index < -0.39 is 0 Å². The number of anilines is 1. The van der Waals surface area contributed by atoms with E-state index in [1.54, 1.807) is 0 Å². The molecule has 2 nitrogen and oxygen atoms in total. The Labute approximate surface area is 115 Å². The Hall–Kier alpha value is -0.760. The predicted molar refractivity (Wildman–Crippen MR) is 78.4 cm³/mol. The van der Waals surface area contributed by atoms with E-state index in [2.05, 4.69) is 37.8 Å². The van der Waals surface area contributed by atoms with Crippen molar-refractivity contribution in [2.24, 2.45) is 5.92 Å². The summed E-state index contributed by atoms with van der Waals surface area (Å²) in [5.41, 5.74) is 2.33. The molecule has 1 aromatic rings. The molecule has 0 bridgehead atoms. The molecule has 0 aromatic carbocycles. The summed E-state index contributed by atoms with van der Waals surface area (Å²) in [6, 6.07) is 4.85. The predicted octanol–water partition coefficient (Wildman–Crippen LogP) is 4.01. The minimum atomic E-state index is 0.571. The van der Waals surface area contributed by atoms with Crippen LogP contribution in [-0.2, 0) is 12.3 Å². The van der Waals surface area contributed by atoms with Crippen molar-refractivity contribution in [2.75, 3.05) is 11.4 Å². The van der Waals surface area contributed by atoms with Gasteiger partial charge in [0.25, 0.3) is 0 Å². The van der Waals surface area contributed by atoms with E-state index in [0.717, 1.165) is 30.4 Å². The molecule has 2 unspecified atom stereocenters. The lowest BCUT2D eigenvalue weighted by atomic mass is 9.93. The monoisotopic (exact) mass is 266 g/mol. The molecule has 0 aliphatic carbocycles. The SMILES string of the molecule is CCc1cc(CCl)cc(N2CCC(C)CC2C)n1. The van der Waals surface area contributed by atoms with Crippen molar-refractivity contribution in [3.8, 4) is 0 Å². The zero-order valence-electron chi connectivity index (χ0n) is 11.6. The standard InChI is InChI=1S/C15H23ClN2/c1-4-14-8-13(10-16)9-15(17-14)18-6-5-11(2)7-12(18)3/h8-9,11-12H,4-7,10H2,1-3H3. The Kier molecular flexibility index (Phi) is 4.50. The lowest BCUT2D eigenvalue weighted by molar-refractivity contribution is 0.376. The number of aromatic nitrogens is 1. The van der Waals surface area contributed by atoms with Crippen LogP contribution in [0.25, 0.3) is 0 Å². The van der Waals surface area contributed by atoms with Crippen molar-refractivity contribution in [3.63, 3.8) is 0 Å². The molecule has 3 heteroatoms. The summed E-state index contributed by atoms with van der Waals surface area (Å²) >= 11 is 5.98. The zero-order valence-corrected chi connectivity index (χ0v) is 12.4. The second-order valence-electron chi connectivity index (χ2n) is 5.48. The van der Waals surface area contributed by atoms with Gasteiger partial charge in [0, 0.05) is 24.2 Å². The summed E-state index contributed by atoms with van der Waals surface area (Å²) in [5, 5.41) is 0. The molecular formula is C15H23ClN2. The third kappa shape index (κ3) is 2.97. The number of piperidine rings is 1. The highest BCUT2D eigenvalue weighted by Gasteiger charge is 2.24. The van der Waals surface area contributed by atoms with E-state index in [-0.39, 0.29) is 0 Å². The minimum Gasteiger partial charge on any atom is -0.354 e. The topological polar surface area (TPSA) is 16.1 Å². The van der Waals surface area contributed by atoms with Crippen LogP contribution in [0.2, 0.25) is 0 Å². The molecule has 1 saturated heterocycles. The van der Waals surface area contributed by atoms with Gasteiger partial charge in [-0.2, -0.15) is 0 Å². The summed E-state index contributed by atoms with van der Waals surface area (Å²) in [4.78, 5) is 7.21. The van der Waals surface area contributed by atoms with Crippen LogP contribution in [0.1, 0.15) is 44.9 Å². The first kappa shape index (κ1) is 13.7. The molecule has 0 amide bonds. The van der Waals surface area contributed by atoms with Gasteiger partial charge in [0.1, 0.15) is 5.82 Å². The van der Waals surface area contributed by atoms with Crippen molar-refractivity contribution in [1.29, 1.82) is 0 Å². The summed E-state index contributed by atoms with van der Waals surface area (Å²) in [6.07, 6.45) is 3.49. The first-order valence-electron chi connectivity index (χ1n) is 6.96. The molecule has 2 atom stereocenters. The van der Waals surface area contributed by atoms with Gasteiger partial charge in [-0.1, -0.05) is 13.8 Å². The van der Waals surface area contributed by atoms with Gasteiger partial charge in [-0.05, 0) is 49.8 Å². The van der Waals surface area contributed by atoms with Gasteiger partial charge in [-0.3, -0.25) is 0 Å². The van der Waals surface area contributed by atoms with Crippen LogP contribution in [-0.4, -0.2) is 17.6 Å². The molecule has 100 valence electrons. The van der Waals surface area contributed by atoms with Crippen LogP contribution in [0.5, 0.6) is 0 Å². The second kappa shape index (κ2) is 5.92. The van der Waals surface area contributed by atoms with Crippen molar-refractivity contribution in [3.05, 3.63) is 23.4 Å². The number of rotatable bonds is 3. The van der Waals surface area contributed by atoms with Gasteiger partial charge in [-0.15, -0.1) is 11.6 Å². The number of hydrogen-bond donors (Lipinski definition) is 0. The number of aryl methyl sites for hydroxylation is 1. The number of pyridine rings is 1. The van der Waals surface area contributed by atoms with Crippen LogP contribution in [0.15, 0.2) is 12.1 Å². The third-order valence-electron chi connectivity index (χ3n) is 3.87. The second-order valence-corrected chi connectivity index (χ2v) is 5.75. The summed E-state index contributed by atoms with van der Waals surface area (Å²) < 4.78 is 0. The summed E-state index contributed by atoms with van der Waals surface area (Å²) in [7, 11) is 0. The molecule has 1 aliphatic rings. The lowest BCUT2D eigenvalue weighted by Gasteiger charge is -2.37. The van der Waals surface area contributed by atoms with E-state index in [1.807, 2.05) is 0 Å². The summed E-state index contributed by atoms with van der Waals surface area (Å²) in [6.45, 7) is 7.90. The zero-order chi connectivity index (χ0) is 13.1. The fourth-order valence-electron chi connectivity index (χ4n) is 2.79. The number of hydrogen-bond acceptors (Lipinski definition) is 2. The van der Waals surface area contributed by atoms with Crippen LogP contribution in [0, 0.1) is 5.92 Å². The van der Waals surface area contributed by atoms with Crippen LogP contribution in [0.3, 0.4) is 0 Å². The Morgan fingerprint density at radius 2 is 2.17 bits per heavy atom. The third-order valence-corrected chi connectivity index (χ3v) is 4.18. The van der Waals surface area contributed by atoms with Gasteiger partial charge >= 0.3 is 0 Å². The molecule has 0 radical (unpaired) electrons. The van der Waals surface area contributed by atoms with Gasteiger partial charge in [-0.25, -0.2) is 4.98 Å².